The number of aliphatic hydroxyl groups excluding tert-OH is 1. The predicted octanol–water partition coefficient (Wildman–Crippen LogP) is 3.59. The van der Waals surface area contributed by atoms with Gasteiger partial charge in [-0.25, -0.2) is 4.79 Å². The maximum Gasteiger partial charge on any atom is 0.322 e. The normalized spacial score (nSPS) is 14.2. The molecule has 0 radical (unpaired) electrons. The summed E-state index contributed by atoms with van der Waals surface area (Å²) < 4.78 is 1.01. The van der Waals surface area contributed by atoms with Gasteiger partial charge in [0.05, 0.1) is 12.3 Å². The van der Waals surface area contributed by atoms with Crippen LogP contribution in [-0.4, -0.2) is 35.2 Å². The Morgan fingerprint density at radius 3 is 2.62 bits per heavy atom. The van der Waals surface area contributed by atoms with E-state index in [-0.39, 0.29) is 18.7 Å². The lowest BCUT2D eigenvalue weighted by Crippen LogP contribution is -2.38. The first-order valence-electron chi connectivity index (χ1n) is 7.06. The van der Waals surface area contributed by atoms with Gasteiger partial charge in [0.15, 0.2) is 0 Å². The average Bonchev–Trinajstić information content (AvgIpc) is 3.32. The second-order valence-electron chi connectivity index (χ2n) is 5.22. The molecular weight excluding hydrogens is 332 g/mol. The third kappa shape index (κ3) is 3.04. The van der Waals surface area contributed by atoms with Gasteiger partial charge in [-0.05, 0) is 30.4 Å². The highest BCUT2D eigenvalue weighted by Gasteiger charge is 2.32. The van der Waals surface area contributed by atoms with Crippen molar-refractivity contribution in [1.29, 1.82) is 0 Å². The summed E-state index contributed by atoms with van der Waals surface area (Å²) in [5.41, 5.74) is 0.794. The summed E-state index contributed by atoms with van der Waals surface area (Å²) >= 11 is 3.53. The summed E-state index contributed by atoms with van der Waals surface area (Å²) in [6.45, 7) is 0.371. The number of anilines is 1. The lowest BCUT2D eigenvalue weighted by Gasteiger charge is -2.22. The smallest absolute Gasteiger partial charge is 0.322 e. The molecule has 3 rings (SSSR count). The standard InChI is InChI=1S/C16H17BrN2O2/c17-14-7-8-15(13-4-2-1-3-12(13)14)18-16(21)19(9-10-20)11-5-6-11/h1-4,7-8,11,20H,5-6,9-10H2,(H,18,21). The van der Waals surface area contributed by atoms with E-state index in [2.05, 4.69) is 21.2 Å². The molecule has 110 valence electrons. The molecule has 4 nitrogen and oxygen atoms in total. The van der Waals surface area contributed by atoms with E-state index < -0.39 is 0 Å². The number of amides is 2. The number of nitrogens with one attached hydrogen (secondary N) is 1. The van der Waals surface area contributed by atoms with Gasteiger partial charge in [-0.1, -0.05) is 40.2 Å². The Morgan fingerprint density at radius 2 is 1.95 bits per heavy atom. The molecule has 2 amide bonds. The molecule has 0 spiro atoms. The highest BCUT2D eigenvalue weighted by Crippen LogP contribution is 2.31. The van der Waals surface area contributed by atoms with Crippen molar-refractivity contribution in [2.45, 2.75) is 18.9 Å². The first kappa shape index (κ1) is 14.4. The van der Waals surface area contributed by atoms with Crippen molar-refractivity contribution in [1.82, 2.24) is 4.90 Å². The molecule has 1 aliphatic rings. The SMILES string of the molecule is O=C(Nc1ccc(Br)c2ccccc12)N(CCO)C1CC1. The Balaban J connectivity index is 1.87. The maximum absolute atomic E-state index is 12.4. The molecule has 5 heteroatoms. The minimum Gasteiger partial charge on any atom is -0.395 e. The van der Waals surface area contributed by atoms with Gasteiger partial charge in [0, 0.05) is 22.4 Å². The van der Waals surface area contributed by atoms with E-state index in [1.807, 2.05) is 36.4 Å². The molecule has 0 unspecified atom stereocenters. The van der Waals surface area contributed by atoms with Crippen LogP contribution in [0.1, 0.15) is 12.8 Å². The van der Waals surface area contributed by atoms with Crippen LogP contribution in [0.15, 0.2) is 40.9 Å². The van der Waals surface area contributed by atoms with Crippen molar-refractivity contribution in [3.05, 3.63) is 40.9 Å². The minimum absolute atomic E-state index is 0.00892. The van der Waals surface area contributed by atoms with Crippen molar-refractivity contribution in [3.8, 4) is 0 Å². The Morgan fingerprint density at radius 1 is 1.24 bits per heavy atom. The van der Waals surface area contributed by atoms with Crippen molar-refractivity contribution < 1.29 is 9.90 Å². The lowest BCUT2D eigenvalue weighted by atomic mass is 10.1. The number of halogens is 1. The fourth-order valence-electron chi connectivity index (χ4n) is 2.50. The molecule has 0 saturated heterocycles. The summed E-state index contributed by atoms with van der Waals surface area (Å²) in [4.78, 5) is 14.1. The summed E-state index contributed by atoms with van der Waals surface area (Å²) in [5, 5.41) is 14.1. The van der Waals surface area contributed by atoms with Gasteiger partial charge in [-0.2, -0.15) is 0 Å². The fourth-order valence-corrected chi connectivity index (χ4v) is 2.98. The molecule has 2 aromatic carbocycles. The van der Waals surface area contributed by atoms with Gasteiger partial charge in [-0.15, -0.1) is 0 Å². The van der Waals surface area contributed by atoms with Crippen molar-refractivity contribution in [2.24, 2.45) is 0 Å². The first-order chi connectivity index (χ1) is 10.2. The summed E-state index contributed by atoms with van der Waals surface area (Å²) in [7, 11) is 0. The van der Waals surface area contributed by atoms with E-state index in [0.29, 0.717) is 6.54 Å². The number of aliphatic hydroxyl groups is 1. The van der Waals surface area contributed by atoms with Crippen LogP contribution in [0.2, 0.25) is 0 Å². The summed E-state index contributed by atoms with van der Waals surface area (Å²) in [6.07, 6.45) is 2.04. The molecule has 0 aromatic heterocycles. The molecule has 2 N–H and O–H groups in total. The maximum atomic E-state index is 12.4. The molecule has 21 heavy (non-hydrogen) atoms. The predicted molar refractivity (Wildman–Crippen MR) is 87.5 cm³/mol. The van der Waals surface area contributed by atoms with E-state index in [1.54, 1.807) is 4.90 Å². The number of urea groups is 1. The van der Waals surface area contributed by atoms with E-state index in [4.69, 9.17) is 5.11 Å². The van der Waals surface area contributed by atoms with Gasteiger partial charge in [0.25, 0.3) is 0 Å². The third-order valence-corrected chi connectivity index (χ3v) is 4.39. The van der Waals surface area contributed by atoms with Crippen molar-refractivity contribution in [3.63, 3.8) is 0 Å². The number of hydrogen-bond acceptors (Lipinski definition) is 2. The zero-order valence-corrected chi connectivity index (χ0v) is 13.1. The highest BCUT2D eigenvalue weighted by molar-refractivity contribution is 9.10. The van der Waals surface area contributed by atoms with Gasteiger partial charge in [-0.3, -0.25) is 0 Å². The molecule has 0 bridgehead atoms. The van der Waals surface area contributed by atoms with Crippen LogP contribution in [0.3, 0.4) is 0 Å². The monoisotopic (exact) mass is 348 g/mol. The van der Waals surface area contributed by atoms with E-state index in [0.717, 1.165) is 33.8 Å². The van der Waals surface area contributed by atoms with Crippen LogP contribution >= 0.6 is 15.9 Å². The third-order valence-electron chi connectivity index (χ3n) is 3.70. The zero-order valence-electron chi connectivity index (χ0n) is 11.6. The van der Waals surface area contributed by atoms with E-state index >= 15 is 0 Å². The average molecular weight is 349 g/mol. The van der Waals surface area contributed by atoms with Crippen LogP contribution in [0, 0.1) is 0 Å². The van der Waals surface area contributed by atoms with Gasteiger partial charge in [0.2, 0.25) is 0 Å². The first-order valence-corrected chi connectivity index (χ1v) is 7.85. The van der Waals surface area contributed by atoms with Crippen molar-refractivity contribution in [2.75, 3.05) is 18.5 Å². The molecule has 0 heterocycles. The summed E-state index contributed by atoms with van der Waals surface area (Å²) in [6, 6.07) is 11.9. The van der Waals surface area contributed by atoms with Crippen LogP contribution in [0.4, 0.5) is 10.5 Å². The number of carbonyl (C=O) groups is 1. The minimum atomic E-state index is -0.140. The Labute approximate surface area is 131 Å². The number of benzene rings is 2. The van der Waals surface area contributed by atoms with Crippen molar-refractivity contribution >= 4 is 38.4 Å². The van der Waals surface area contributed by atoms with Crippen LogP contribution in [0.25, 0.3) is 10.8 Å². The number of rotatable bonds is 4. The second-order valence-corrected chi connectivity index (χ2v) is 6.07. The molecule has 1 saturated carbocycles. The number of carbonyl (C=O) groups excluding carboxylic acids is 1. The molecular formula is C16H17BrN2O2. The van der Waals surface area contributed by atoms with Crippen LogP contribution in [-0.2, 0) is 0 Å². The van der Waals surface area contributed by atoms with Gasteiger partial charge >= 0.3 is 6.03 Å². The Kier molecular flexibility index (Phi) is 4.12. The molecule has 1 fully saturated rings. The van der Waals surface area contributed by atoms with E-state index in [9.17, 15) is 4.79 Å². The number of fused-ring (bicyclic) bond motifs is 1. The number of hydrogen-bond donors (Lipinski definition) is 2. The topological polar surface area (TPSA) is 52.6 Å². The zero-order chi connectivity index (χ0) is 14.8. The molecule has 0 atom stereocenters. The Hall–Kier alpha value is -1.59. The van der Waals surface area contributed by atoms with Crippen LogP contribution in [0.5, 0.6) is 0 Å². The number of nitrogens with zero attached hydrogens (tertiary/aromatic N) is 1. The quantitative estimate of drug-likeness (QED) is 0.886. The largest absolute Gasteiger partial charge is 0.395 e. The lowest BCUT2D eigenvalue weighted by molar-refractivity contribution is 0.185. The molecule has 0 aliphatic heterocycles. The molecule has 2 aromatic rings. The summed E-state index contributed by atoms with van der Waals surface area (Å²) in [5.74, 6) is 0. The van der Waals surface area contributed by atoms with E-state index in [1.165, 1.54) is 0 Å². The fraction of sp³-hybridized carbons (Fsp3) is 0.312. The van der Waals surface area contributed by atoms with Crippen LogP contribution < -0.4 is 5.32 Å². The second kappa shape index (κ2) is 6.03. The van der Waals surface area contributed by atoms with Gasteiger partial charge < -0.3 is 15.3 Å². The van der Waals surface area contributed by atoms with Gasteiger partial charge in [0.1, 0.15) is 0 Å². The molecule has 1 aliphatic carbocycles. The highest BCUT2D eigenvalue weighted by atomic mass is 79.9. The Bertz CT molecular complexity index is 670.